The van der Waals surface area contributed by atoms with E-state index in [-0.39, 0.29) is 36.4 Å². The van der Waals surface area contributed by atoms with E-state index in [1.807, 2.05) is 0 Å². The van der Waals surface area contributed by atoms with E-state index in [1.165, 1.54) is 11.2 Å². The van der Waals surface area contributed by atoms with Gasteiger partial charge in [-0.1, -0.05) is 5.16 Å². The molecule has 2 aromatic heterocycles. The molecule has 0 N–H and O–H groups in total. The van der Waals surface area contributed by atoms with Gasteiger partial charge >= 0.3 is 0 Å². The van der Waals surface area contributed by atoms with Crippen LogP contribution in [0.25, 0.3) is 11.7 Å². The van der Waals surface area contributed by atoms with Crippen LogP contribution in [0.15, 0.2) is 45.5 Å². The summed E-state index contributed by atoms with van der Waals surface area (Å²) >= 11 is 0. The van der Waals surface area contributed by atoms with E-state index in [0.717, 1.165) is 18.2 Å². The third-order valence-electron chi connectivity index (χ3n) is 3.82. The molecule has 1 aromatic carbocycles. The van der Waals surface area contributed by atoms with Gasteiger partial charge in [0.2, 0.25) is 5.91 Å². The molecule has 122 valence electrons. The van der Waals surface area contributed by atoms with Crippen molar-refractivity contribution in [2.45, 2.75) is 12.3 Å². The van der Waals surface area contributed by atoms with Crippen LogP contribution in [0.4, 0.5) is 14.5 Å². The molecule has 0 bridgehead atoms. The van der Waals surface area contributed by atoms with E-state index in [2.05, 4.69) is 10.1 Å². The first-order chi connectivity index (χ1) is 11.6. The van der Waals surface area contributed by atoms with Crippen molar-refractivity contribution in [2.24, 2.45) is 0 Å². The Labute approximate surface area is 134 Å². The molecule has 0 radical (unpaired) electrons. The van der Waals surface area contributed by atoms with E-state index < -0.39 is 11.6 Å². The second-order valence-corrected chi connectivity index (χ2v) is 5.47. The van der Waals surface area contributed by atoms with Crippen molar-refractivity contribution in [2.75, 3.05) is 11.4 Å². The summed E-state index contributed by atoms with van der Waals surface area (Å²) in [6, 6.07) is 6.37. The van der Waals surface area contributed by atoms with Gasteiger partial charge in [-0.25, -0.2) is 8.78 Å². The quantitative estimate of drug-likeness (QED) is 0.737. The molecule has 3 heterocycles. The number of anilines is 1. The largest absolute Gasteiger partial charge is 0.459 e. The van der Waals surface area contributed by atoms with Crippen LogP contribution < -0.4 is 4.90 Å². The minimum atomic E-state index is -0.735. The first kappa shape index (κ1) is 14.6. The Morgan fingerprint density at radius 3 is 2.71 bits per heavy atom. The number of carbonyl (C=O) groups is 1. The minimum Gasteiger partial charge on any atom is -0.459 e. The van der Waals surface area contributed by atoms with Gasteiger partial charge in [0.15, 0.2) is 11.6 Å². The average molecular weight is 331 g/mol. The predicted octanol–water partition coefficient (Wildman–Crippen LogP) is 3.13. The number of rotatable bonds is 3. The molecular formula is C16H11F2N3O3. The van der Waals surface area contributed by atoms with Crippen molar-refractivity contribution in [1.82, 2.24) is 10.1 Å². The third kappa shape index (κ3) is 2.55. The van der Waals surface area contributed by atoms with E-state index in [4.69, 9.17) is 8.94 Å². The van der Waals surface area contributed by atoms with Gasteiger partial charge < -0.3 is 13.8 Å². The molecule has 0 spiro atoms. The van der Waals surface area contributed by atoms with Crippen molar-refractivity contribution in [1.29, 1.82) is 0 Å². The van der Waals surface area contributed by atoms with Gasteiger partial charge in [-0.15, -0.1) is 0 Å². The van der Waals surface area contributed by atoms with Crippen LogP contribution in [0.5, 0.6) is 0 Å². The Bertz CT molecular complexity index is 872. The lowest BCUT2D eigenvalue weighted by Gasteiger charge is -2.16. The summed E-state index contributed by atoms with van der Waals surface area (Å²) in [6.07, 6.45) is 1.62. The molecule has 4 rings (SSSR count). The SMILES string of the molecule is O=C1CC(c2noc(-c3ccco3)n2)CN1c1cc(F)cc(F)c1. The number of nitrogens with zero attached hydrogens (tertiary/aromatic N) is 3. The molecule has 8 heteroatoms. The maximum absolute atomic E-state index is 13.4. The van der Waals surface area contributed by atoms with Crippen molar-refractivity contribution >= 4 is 11.6 Å². The van der Waals surface area contributed by atoms with E-state index >= 15 is 0 Å². The van der Waals surface area contributed by atoms with Crippen molar-refractivity contribution in [3.63, 3.8) is 0 Å². The zero-order valence-corrected chi connectivity index (χ0v) is 12.3. The molecule has 1 fully saturated rings. The van der Waals surface area contributed by atoms with Gasteiger partial charge in [-0.05, 0) is 24.3 Å². The Kier molecular flexibility index (Phi) is 3.37. The normalized spacial score (nSPS) is 17.7. The van der Waals surface area contributed by atoms with Crippen LogP contribution in [0.1, 0.15) is 18.2 Å². The van der Waals surface area contributed by atoms with Crippen LogP contribution >= 0.6 is 0 Å². The van der Waals surface area contributed by atoms with Crippen LogP contribution in [0.3, 0.4) is 0 Å². The Balaban J connectivity index is 1.58. The topological polar surface area (TPSA) is 72.4 Å². The monoisotopic (exact) mass is 331 g/mol. The summed E-state index contributed by atoms with van der Waals surface area (Å²) in [7, 11) is 0. The predicted molar refractivity (Wildman–Crippen MR) is 78.1 cm³/mol. The Morgan fingerprint density at radius 1 is 1.21 bits per heavy atom. The van der Waals surface area contributed by atoms with Crippen LogP contribution in [-0.4, -0.2) is 22.6 Å². The fourth-order valence-electron chi connectivity index (χ4n) is 2.73. The van der Waals surface area contributed by atoms with Gasteiger partial charge in [-0.2, -0.15) is 4.98 Å². The number of amides is 1. The van der Waals surface area contributed by atoms with Gasteiger partial charge in [0.05, 0.1) is 6.26 Å². The molecule has 3 aromatic rings. The fourth-order valence-corrected chi connectivity index (χ4v) is 2.73. The molecule has 1 unspecified atom stereocenters. The first-order valence-corrected chi connectivity index (χ1v) is 7.24. The van der Waals surface area contributed by atoms with Crippen LogP contribution in [0.2, 0.25) is 0 Å². The van der Waals surface area contributed by atoms with E-state index in [0.29, 0.717) is 11.6 Å². The summed E-state index contributed by atoms with van der Waals surface area (Å²) in [5, 5.41) is 3.88. The molecule has 1 atom stereocenters. The lowest BCUT2D eigenvalue weighted by molar-refractivity contribution is -0.117. The zero-order valence-electron chi connectivity index (χ0n) is 12.3. The minimum absolute atomic E-state index is 0.134. The molecule has 1 aliphatic heterocycles. The average Bonchev–Trinajstić information content (AvgIpc) is 3.26. The van der Waals surface area contributed by atoms with E-state index in [1.54, 1.807) is 12.1 Å². The molecule has 24 heavy (non-hydrogen) atoms. The number of halogens is 2. The molecule has 1 aliphatic rings. The molecular weight excluding hydrogens is 320 g/mol. The standard InChI is InChI=1S/C16H11F2N3O3/c17-10-5-11(18)7-12(6-10)21-8-9(4-14(21)22)15-19-16(24-20-15)13-2-1-3-23-13/h1-3,5-7,9H,4,8H2. The van der Waals surface area contributed by atoms with E-state index in [9.17, 15) is 13.6 Å². The second-order valence-electron chi connectivity index (χ2n) is 5.47. The number of hydrogen-bond acceptors (Lipinski definition) is 5. The van der Waals surface area contributed by atoms with Gasteiger partial charge in [0.25, 0.3) is 5.89 Å². The van der Waals surface area contributed by atoms with Crippen molar-refractivity contribution < 1.29 is 22.5 Å². The number of aromatic nitrogens is 2. The first-order valence-electron chi connectivity index (χ1n) is 7.24. The summed E-state index contributed by atoms with van der Waals surface area (Å²) in [5.74, 6) is -1.04. The number of hydrogen-bond donors (Lipinski definition) is 0. The molecule has 6 nitrogen and oxygen atoms in total. The third-order valence-corrected chi connectivity index (χ3v) is 3.82. The molecule has 0 aliphatic carbocycles. The molecule has 1 amide bonds. The number of carbonyl (C=O) groups excluding carboxylic acids is 1. The molecule has 1 saturated heterocycles. The Hall–Kier alpha value is -3.03. The fraction of sp³-hybridized carbons (Fsp3) is 0.188. The lowest BCUT2D eigenvalue weighted by Crippen LogP contribution is -2.24. The second kappa shape index (κ2) is 5.55. The smallest absolute Gasteiger partial charge is 0.293 e. The zero-order chi connectivity index (χ0) is 16.7. The highest BCUT2D eigenvalue weighted by atomic mass is 19.1. The van der Waals surface area contributed by atoms with Crippen molar-refractivity contribution in [3.8, 4) is 11.7 Å². The van der Waals surface area contributed by atoms with Crippen molar-refractivity contribution in [3.05, 3.63) is 54.1 Å². The maximum atomic E-state index is 13.4. The molecule has 0 saturated carbocycles. The highest BCUT2D eigenvalue weighted by Gasteiger charge is 2.35. The van der Waals surface area contributed by atoms with Gasteiger partial charge in [-0.3, -0.25) is 4.79 Å². The van der Waals surface area contributed by atoms with Crippen LogP contribution in [-0.2, 0) is 4.79 Å². The van der Waals surface area contributed by atoms with Gasteiger partial charge in [0, 0.05) is 30.6 Å². The highest BCUT2D eigenvalue weighted by molar-refractivity contribution is 5.96. The van der Waals surface area contributed by atoms with Gasteiger partial charge in [0.1, 0.15) is 11.6 Å². The highest BCUT2D eigenvalue weighted by Crippen LogP contribution is 2.32. The number of benzene rings is 1. The summed E-state index contributed by atoms with van der Waals surface area (Å²) in [5.41, 5.74) is 0.176. The summed E-state index contributed by atoms with van der Waals surface area (Å²) in [4.78, 5) is 17.7. The maximum Gasteiger partial charge on any atom is 0.293 e. The number of furan rings is 1. The Morgan fingerprint density at radius 2 is 2.00 bits per heavy atom. The summed E-state index contributed by atoms with van der Waals surface area (Å²) in [6.45, 7) is 0.221. The van der Waals surface area contributed by atoms with Crippen LogP contribution in [0, 0.1) is 11.6 Å². The lowest BCUT2D eigenvalue weighted by atomic mass is 10.1. The summed E-state index contributed by atoms with van der Waals surface area (Å²) < 4.78 is 37.0.